The zero-order valence-electron chi connectivity index (χ0n) is 41.5. The fourth-order valence-electron chi connectivity index (χ4n) is 11.9. The van der Waals surface area contributed by atoms with E-state index in [0.29, 0.717) is 0 Å². The molecule has 3 heterocycles. The molecule has 4 nitrogen and oxygen atoms in total. The molecule has 15 aromatic rings. The van der Waals surface area contributed by atoms with Crippen molar-refractivity contribution in [2.75, 3.05) is 4.90 Å². The maximum Gasteiger partial charge on any atom is 0.0542 e. The van der Waals surface area contributed by atoms with Gasteiger partial charge in [0, 0.05) is 66.4 Å². The highest BCUT2D eigenvalue weighted by Gasteiger charge is 2.20. The molecule has 356 valence electrons. The van der Waals surface area contributed by atoms with Crippen molar-refractivity contribution in [1.82, 2.24) is 13.7 Å². The second-order valence-electron chi connectivity index (χ2n) is 19.7. The van der Waals surface area contributed by atoms with Gasteiger partial charge in [0.15, 0.2) is 0 Å². The standard InChI is InChI=1S/C72H48N4/c1-5-19-55(20-6-1)73(60-39-42-72-66(48-60)63-29-15-18-32-69(63)76(72)58-25-11-4-12-26-58)59-37-33-49(34-38-59)52-43-53(50-35-40-70-64(46-50)61-27-13-16-30-67(61)74(70)56-21-7-2-8-22-56)45-54(44-52)51-36-41-71-65(47-51)62-28-14-17-31-68(62)75(71)57-23-9-3-10-24-57/h1-48H. The second-order valence-corrected chi connectivity index (χ2v) is 19.7. The first-order valence-corrected chi connectivity index (χ1v) is 26.1. The Kier molecular flexibility index (Phi) is 10.2. The Balaban J connectivity index is 0.888. The van der Waals surface area contributed by atoms with Gasteiger partial charge in [0.25, 0.3) is 0 Å². The highest BCUT2D eigenvalue weighted by molar-refractivity contribution is 6.13. The molecule has 12 aromatic carbocycles. The predicted molar refractivity (Wildman–Crippen MR) is 320 cm³/mol. The SMILES string of the molecule is c1ccc(N(c2ccc(-c3cc(-c4ccc5c(c4)c4ccccc4n5-c4ccccc4)cc(-c4ccc5c(c4)c4ccccc4n5-c4ccccc4)c3)cc2)c2ccc3c(c2)c2ccccc2n3-c2ccccc2)cc1. The summed E-state index contributed by atoms with van der Waals surface area (Å²) in [5, 5.41) is 7.37. The van der Waals surface area contributed by atoms with Crippen LogP contribution in [0.15, 0.2) is 291 Å². The number of hydrogen-bond acceptors (Lipinski definition) is 1. The number of benzene rings is 12. The summed E-state index contributed by atoms with van der Waals surface area (Å²) in [6, 6.07) is 106. The van der Waals surface area contributed by atoms with Gasteiger partial charge in [-0.3, -0.25) is 0 Å². The van der Waals surface area contributed by atoms with Crippen molar-refractivity contribution < 1.29 is 0 Å². The third-order valence-corrected chi connectivity index (χ3v) is 15.4. The van der Waals surface area contributed by atoms with E-state index in [2.05, 4.69) is 310 Å². The molecule has 0 saturated carbocycles. The topological polar surface area (TPSA) is 18.0 Å². The van der Waals surface area contributed by atoms with Crippen LogP contribution in [0.4, 0.5) is 17.1 Å². The highest BCUT2D eigenvalue weighted by atomic mass is 15.1. The predicted octanol–water partition coefficient (Wildman–Crippen LogP) is 19.4. The van der Waals surface area contributed by atoms with Crippen LogP contribution in [0.2, 0.25) is 0 Å². The Bertz CT molecular complexity index is 4490. The van der Waals surface area contributed by atoms with E-state index in [1.807, 2.05) is 0 Å². The van der Waals surface area contributed by atoms with E-state index >= 15 is 0 Å². The Morgan fingerprint density at radius 2 is 0.487 bits per heavy atom. The third-order valence-electron chi connectivity index (χ3n) is 15.4. The Hall–Kier alpha value is -10.2. The van der Waals surface area contributed by atoms with Crippen LogP contribution >= 0.6 is 0 Å². The van der Waals surface area contributed by atoms with Crippen LogP contribution in [0.25, 0.3) is 116 Å². The van der Waals surface area contributed by atoms with Crippen LogP contribution in [0.5, 0.6) is 0 Å². The first kappa shape index (κ1) is 43.4. The number of nitrogens with zero attached hydrogens (tertiary/aromatic N) is 4. The summed E-state index contributed by atoms with van der Waals surface area (Å²) in [6.45, 7) is 0. The molecule has 0 radical (unpaired) electrons. The number of aromatic nitrogens is 3. The minimum Gasteiger partial charge on any atom is -0.310 e. The molecule has 3 aromatic heterocycles. The van der Waals surface area contributed by atoms with Crippen molar-refractivity contribution in [1.29, 1.82) is 0 Å². The van der Waals surface area contributed by atoms with E-state index in [0.717, 1.165) is 56.4 Å². The maximum atomic E-state index is 2.39. The molecule has 0 N–H and O–H groups in total. The molecule has 0 fully saturated rings. The van der Waals surface area contributed by atoms with Gasteiger partial charge in [-0.15, -0.1) is 0 Å². The lowest BCUT2D eigenvalue weighted by molar-refractivity contribution is 1.18. The van der Waals surface area contributed by atoms with E-state index < -0.39 is 0 Å². The second kappa shape index (κ2) is 17.8. The van der Waals surface area contributed by atoms with Gasteiger partial charge in [0.05, 0.1) is 33.1 Å². The van der Waals surface area contributed by atoms with Crippen molar-refractivity contribution in [2.24, 2.45) is 0 Å². The van der Waals surface area contributed by atoms with Gasteiger partial charge >= 0.3 is 0 Å². The van der Waals surface area contributed by atoms with Gasteiger partial charge in [-0.2, -0.15) is 0 Å². The number of fused-ring (bicyclic) bond motifs is 9. The Morgan fingerprint density at radius 3 is 0.921 bits per heavy atom. The monoisotopic (exact) mass is 968 g/mol. The fourth-order valence-corrected chi connectivity index (χ4v) is 11.9. The number of para-hydroxylation sites is 7. The van der Waals surface area contributed by atoms with Crippen molar-refractivity contribution >= 4 is 82.5 Å². The van der Waals surface area contributed by atoms with Gasteiger partial charge in [0.2, 0.25) is 0 Å². The first-order valence-electron chi connectivity index (χ1n) is 26.1. The van der Waals surface area contributed by atoms with Crippen molar-refractivity contribution in [3.05, 3.63) is 291 Å². The van der Waals surface area contributed by atoms with E-state index in [4.69, 9.17) is 0 Å². The fraction of sp³-hybridized carbons (Fsp3) is 0. The molecule has 0 saturated heterocycles. The van der Waals surface area contributed by atoms with Gasteiger partial charge in [-0.1, -0.05) is 152 Å². The average Bonchev–Trinajstić information content (AvgIpc) is 4.19. The number of hydrogen-bond donors (Lipinski definition) is 0. The van der Waals surface area contributed by atoms with Crippen molar-refractivity contribution in [3.63, 3.8) is 0 Å². The van der Waals surface area contributed by atoms with Crippen LogP contribution in [-0.2, 0) is 0 Å². The Morgan fingerprint density at radius 1 is 0.184 bits per heavy atom. The normalized spacial score (nSPS) is 11.7. The van der Waals surface area contributed by atoms with Crippen LogP contribution in [0.3, 0.4) is 0 Å². The Labute approximate surface area is 440 Å². The summed E-state index contributed by atoms with van der Waals surface area (Å²) in [6.07, 6.45) is 0. The third kappa shape index (κ3) is 7.14. The minimum absolute atomic E-state index is 1.08. The van der Waals surface area contributed by atoms with E-state index in [9.17, 15) is 0 Å². The zero-order chi connectivity index (χ0) is 50.1. The van der Waals surface area contributed by atoms with E-state index in [1.165, 1.54) is 76.5 Å². The van der Waals surface area contributed by atoms with Crippen LogP contribution in [-0.4, -0.2) is 13.7 Å². The molecular weight excluding hydrogens is 921 g/mol. The maximum absolute atomic E-state index is 2.39. The van der Waals surface area contributed by atoms with E-state index in [1.54, 1.807) is 0 Å². The molecule has 0 aliphatic rings. The number of anilines is 3. The largest absolute Gasteiger partial charge is 0.310 e. The van der Waals surface area contributed by atoms with Gasteiger partial charge < -0.3 is 18.6 Å². The molecule has 0 spiro atoms. The summed E-state index contributed by atoms with van der Waals surface area (Å²) >= 11 is 0. The zero-order valence-corrected chi connectivity index (χ0v) is 41.5. The minimum atomic E-state index is 1.08. The molecule has 0 bridgehead atoms. The van der Waals surface area contributed by atoms with Gasteiger partial charge in [-0.25, -0.2) is 0 Å². The molecule has 0 atom stereocenters. The van der Waals surface area contributed by atoms with Crippen LogP contribution in [0, 0.1) is 0 Å². The van der Waals surface area contributed by atoms with Crippen LogP contribution in [0.1, 0.15) is 0 Å². The quantitative estimate of drug-likeness (QED) is 0.141. The summed E-state index contributed by atoms with van der Waals surface area (Å²) in [5.74, 6) is 0. The summed E-state index contributed by atoms with van der Waals surface area (Å²) in [4.78, 5) is 2.38. The lowest BCUT2D eigenvalue weighted by atomic mass is 9.92. The highest BCUT2D eigenvalue weighted by Crippen LogP contribution is 2.43. The van der Waals surface area contributed by atoms with Gasteiger partial charge in [0.1, 0.15) is 0 Å². The molecule has 0 unspecified atom stereocenters. The summed E-state index contributed by atoms with van der Waals surface area (Å²) < 4.78 is 7.15. The summed E-state index contributed by atoms with van der Waals surface area (Å²) in [7, 11) is 0. The molecule has 4 heteroatoms. The van der Waals surface area contributed by atoms with Crippen LogP contribution < -0.4 is 4.90 Å². The lowest BCUT2D eigenvalue weighted by Crippen LogP contribution is -2.09. The first-order chi connectivity index (χ1) is 37.7. The lowest BCUT2D eigenvalue weighted by Gasteiger charge is -2.26. The molecule has 15 rings (SSSR count). The molecule has 0 aliphatic heterocycles. The molecule has 76 heavy (non-hydrogen) atoms. The summed E-state index contributed by atoms with van der Waals surface area (Å²) in [5.41, 5.74) is 20.8. The van der Waals surface area contributed by atoms with Crippen molar-refractivity contribution in [2.45, 2.75) is 0 Å². The van der Waals surface area contributed by atoms with E-state index in [-0.39, 0.29) is 0 Å². The van der Waals surface area contributed by atoms with Crippen molar-refractivity contribution in [3.8, 4) is 50.4 Å². The smallest absolute Gasteiger partial charge is 0.0542 e. The molecule has 0 aliphatic carbocycles. The molecular formula is C72H48N4. The number of rotatable bonds is 9. The van der Waals surface area contributed by atoms with Gasteiger partial charge in [-0.05, 0) is 173 Å². The molecule has 0 amide bonds. The average molecular weight is 969 g/mol.